The molecule has 0 aliphatic heterocycles. The van der Waals surface area contributed by atoms with Crippen LogP contribution in [0.4, 0.5) is 0 Å². The molecular formula is C17H15NO3. The van der Waals surface area contributed by atoms with E-state index in [1.165, 1.54) is 5.56 Å². The van der Waals surface area contributed by atoms with Gasteiger partial charge in [-0.2, -0.15) is 0 Å². The van der Waals surface area contributed by atoms with Crippen molar-refractivity contribution >= 4 is 16.9 Å². The summed E-state index contributed by atoms with van der Waals surface area (Å²) in [6, 6.07) is 14.8. The third-order valence-electron chi connectivity index (χ3n) is 3.37. The summed E-state index contributed by atoms with van der Waals surface area (Å²) in [4.78, 5) is 14.4. The molecule has 21 heavy (non-hydrogen) atoms. The van der Waals surface area contributed by atoms with Crippen LogP contribution in [0.2, 0.25) is 0 Å². The number of rotatable bonds is 4. The van der Waals surface area contributed by atoms with Crippen LogP contribution in [-0.2, 0) is 6.61 Å². The molecule has 1 heterocycles. The molecule has 0 fully saturated rings. The normalized spacial score (nSPS) is 10.7. The lowest BCUT2D eigenvalue weighted by Crippen LogP contribution is -1.96. The molecule has 3 rings (SSSR count). The Morgan fingerprint density at radius 2 is 1.95 bits per heavy atom. The second-order valence-corrected chi connectivity index (χ2v) is 4.97. The molecule has 0 aliphatic rings. The smallest absolute Gasteiger partial charge is 0.336 e. The van der Waals surface area contributed by atoms with Gasteiger partial charge in [-0.25, -0.2) is 4.79 Å². The number of carboxylic acid groups (broad SMARTS) is 1. The molecule has 0 bridgehead atoms. The molecule has 4 heteroatoms. The number of carboxylic acids is 1. The zero-order valence-electron chi connectivity index (χ0n) is 11.6. The predicted molar refractivity (Wildman–Crippen MR) is 80.8 cm³/mol. The van der Waals surface area contributed by atoms with Crippen LogP contribution in [0.15, 0.2) is 48.5 Å². The Morgan fingerprint density at radius 1 is 1.19 bits per heavy atom. The van der Waals surface area contributed by atoms with E-state index in [0.717, 1.165) is 17.0 Å². The summed E-state index contributed by atoms with van der Waals surface area (Å²) in [6.07, 6.45) is 0. The van der Waals surface area contributed by atoms with Crippen molar-refractivity contribution in [2.75, 3.05) is 0 Å². The second-order valence-electron chi connectivity index (χ2n) is 4.97. The van der Waals surface area contributed by atoms with Crippen LogP contribution in [0.5, 0.6) is 5.75 Å². The first-order valence-corrected chi connectivity index (χ1v) is 6.67. The number of benzene rings is 2. The maximum Gasteiger partial charge on any atom is 0.336 e. The van der Waals surface area contributed by atoms with E-state index >= 15 is 0 Å². The Morgan fingerprint density at radius 3 is 2.67 bits per heavy atom. The van der Waals surface area contributed by atoms with Gasteiger partial charge in [0.15, 0.2) is 0 Å². The number of H-pyrrole nitrogens is 1. The first-order valence-electron chi connectivity index (χ1n) is 6.67. The van der Waals surface area contributed by atoms with Gasteiger partial charge in [-0.3, -0.25) is 0 Å². The number of aromatic amines is 1. The highest BCUT2D eigenvalue weighted by Crippen LogP contribution is 2.21. The van der Waals surface area contributed by atoms with E-state index in [1.54, 1.807) is 12.1 Å². The summed E-state index contributed by atoms with van der Waals surface area (Å²) in [7, 11) is 0. The monoisotopic (exact) mass is 281 g/mol. The van der Waals surface area contributed by atoms with Gasteiger partial charge in [0.2, 0.25) is 0 Å². The van der Waals surface area contributed by atoms with Gasteiger partial charge in [0.05, 0.1) is 11.3 Å². The van der Waals surface area contributed by atoms with E-state index in [0.29, 0.717) is 17.6 Å². The molecule has 0 saturated heterocycles. The zero-order valence-corrected chi connectivity index (χ0v) is 11.6. The predicted octanol–water partition coefficient (Wildman–Crippen LogP) is 3.75. The van der Waals surface area contributed by atoms with Gasteiger partial charge in [0.1, 0.15) is 12.4 Å². The van der Waals surface area contributed by atoms with Crippen molar-refractivity contribution in [1.29, 1.82) is 0 Å². The topological polar surface area (TPSA) is 62.3 Å². The van der Waals surface area contributed by atoms with Crippen LogP contribution in [0.1, 0.15) is 21.6 Å². The van der Waals surface area contributed by atoms with Crippen molar-refractivity contribution in [2.45, 2.75) is 13.5 Å². The summed E-state index contributed by atoms with van der Waals surface area (Å²) in [5.41, 5.74) is 3.13. The molecule has 0 spiro atoms. The van der Waals surface area contributed by atoms with Crippen LogP contribution < -0.4 is 4.74 Å². The van der Waals surface area contributed by atoms with Crippen molar-refractivity contribution in [3.63, 3.8) is 0 Å². The van der Waals surface area contributed by atoms with E-state index in [2.05, 4.69) is 4.98 Å². The van der Waals surface area contributed by atoms with Gasteiger partial charge in [-0.15, -0.1) is 0 Å². The van der Waals surface area contributed by atoms with Crippen molar-refractivity contribution in [1.82, 2.24) is 4.98 Å². The van der Waals surface area contributed by atoms with Crippen LogP contribution in [0.25, 0.3) is 10.9 Å². The average molecular weight is 281 g/mol. The molecule has 0 saturated carbocycles. The minimum absolute atomic E-state index is 0.297. The largest absolute Gasteiger partial charge is 0.487 e. The third kappa shape index (κ3) is 2.74. The molecule has 0 atom stereocenters. The number of hydrogen-bond donors (Lipinski definition) is 2. The minimum atomic E-state index is -0.925. The molecule has 0 radical (unpaired) electrons. The van der Waals surface area contributed by atoms with Crippen molar-refractivity contribution in [3.05, 3.63) is 65.4 Å². The fourth-order valence-electron chi connectivity index (χ4n) is 2.27. The van der Waals surface area contributed by atoms with E-state index in [-0.39, 0.29) is 0 Å². The van der Waals surface area contributed by atoms with Crippen LogP contribution in [0, 0.1) is 6.92 Å². The number of aromatic nitrogens is 1. The Labute approximate surface area is 122 Å². The van der Waals surface area contributed by atoms with Gasteiger partial charge in [0, 0.05) is 10.9 Å². The van der Waals surface area contributed by atoms with Gasteiger partial charge >= 0.3 is 5.97 Å². The maximum absolute atomic E-state index is 11.2. The number of carbonyl (C=O) groups is 1. The van der Waals surface area contributed by atoms with Gasteiger partial charge in [-0.05, 0) is 37.3 Å². The Balaban J connectivity index is 1.83. The summed E-state index contributed by atoms with van der Waals surface area (Å²) >= 11 is 0. The summed E-state index contributed by atoms with van der Waals surface area (Å²) < 4.78 is 5.70. The molecule has 0 amide bonds. The minimum Gasteiger partial charge on any atom is -0.487 e. The van der Waals surface area contributed by atoms with E-state index < -0.39 is 5.97 Å². The molecule has 2 aromatic carbocycles. The molecule has 1 aromatic heterocycles. The van der Waals surface area contributed by atoms with E-state index in [1.807, 2.05) is 43.3 Å². The van der Waals surface area contributed by atoms with Crippen LogP contribution in [0.3, 0.4) is 0 Å². The Bertz CT molecular complexity index is 787. The lowest BCUT2D eigenvalue weighted by atomic mass is 10.1. The van der Waals surface area contributed by atoms with Crippen molar-refractivity contribution in [2.24, 2.45) is 0 Å². The second kappa shape index (κ2) is 5.32. The fourth-order valence-corrected chi connectivity index (χ4v) is 2.27. The number of fused-ring (bicyclic) bond motifs is 1. The fraction of sp³-hybridized carbons (Fsp3) is 0.118. The van der Waals surface area contributed by atoms with Crippen LogP contribution in [-0.4, -0.2) is 16.1 Å². The van der Waals surface area contributed by atoms with Crippen LogP contribution >= 0.6 is 0 Å². The molecule has 2 N–H and O–H groups in total. The van der Waals surface area contributed by atoms with E-state index in [9.17, 15) is 9.90 Å². The molecule has 4 nitrogen and oxygen atoms in total. The van der Waals surface area contributed by atoms with Gasteiger partial charge in [-0.1, -0.05) is 23.8 Å². The summed E-state index contributed by atoms with van der Waals surface area (Å²) in [5.74, 6) is -0.136. The average Bonchev–Trinajstić information content (AvgIpc) is 2.89. The Kier molecular flexibility index (Phi) is 3.36. The van der Waals surface area contributed by atoms with Crippen molar-refractivity contribution in [3.8, 4) is 5.75 Å². The van der Waals surface area contributed by atoms with Crippen molar-refractivity contribution < 1.29 is 14.6 Å². The lowest BCUT2D eigenvalue weighted by molar-refractivity contribution is 0.0699. The standard InChI is InChI=1S/C17H15NO3/c1-11-5-7-13(8-6-11)21-10-12-9-15-14(17(19)20)3-2-4-16(15)18-12/h2-9,18H,10H2,1H3,(H,19,20). The molecule has 3 aromatic rings. The van der Waals surface area contributed by atoms with Gasteiger partial charge < -0.3 is 14.8 Å². The highest BCUT2D eigenvalue weighted by atomic mass is 16.5. The first kappa shape index (κ1) is 13.2. The molecule has 0 unspecified atom stereocenters. The Hall–Kier alpha value is -2.75. The lowest BCUT2D eigenvalue weighted by Gasteiger charge is -2.04. The maximum atomic E-state index is 11.2. The highest BCUT2D eigenvalue weighted by molar-refractivity contribution is 6.03. The quantitative estimate of drug-likeness (QED) is 0.765. The highest BCUT2D eigenvalue weighted by Gasteiger charge is 2.10. The number of ether oxygens (including phenoxy) is 1. The summed E-state index contributed by atoms with van der Waals surface area (Å²) in [5, 5.41) is 9.88. The molecule has 106 valence electrons. The molecule has 0 aliphatic carbocycles. The SMILES string of the molecule is Cc1ccc(OCc2cc3c(C(=O)O)cccc3[nH]2)cc1. The zero-order chi connectivity index (χ0) is 14.8. The van der Waals surface area contributed by atoms with Gasteiger partial charge in [0.25, 0.3) is 0 Å². The third-order valence-corrected chi connectivity index (χ3v) is 3.37. The number of hydrogen-bond acceptors (Lipinski definition) is 2. The molecular weight excluding hydrogens is 266 g/mol. The number of aryl methyl sites for hydroxylation is 1. The van der Waals surface area contributed by atoms with E-state index in [4.69, 9.17) is 4.74 Å². The first-order chi connectivity index (χ1) is 10.1. The number of aromatic carboxylic acids is 1. The number of nitrogens with one attached hydrogen (secondary N) is 1. The summed E-state index contributed by atoms with van der Waals surface area (Å²) in [6.45, 7) is 2.39.